The van der Waals surface area contributed by atoms with E-state index in [-0.39, 0.29) is 5.69 Å². The maximum Gasteiger partial charge on any atom is 0.356 e. The van der Waals surface area contributed by atoms with Crippen molar-refractivity contribution in [2.75, 3.05) is 7.11 Å². The Bertz CT molecular complexity index is 558. The number of carbonyl (C=O) groups is 1. The highest BCUT2D eigenvalue weighted by Crippen LogP contribution is 2.23. The highest BCUT2D eigenvalue weighted by Gasteiger charge is 2.13. The van der Waals surface area contributed by atoms with Crippen molar-refractivity contribution < 1.29 is 14.6 Å². The van der Waals surface area contributed by atoms with Gasteiger partial charge in [0.15, 0.2) is 5.69 Å². The Balaban J connectivity index is 2.44. The first-order valence-electron chi connectivity index (χ1n) is 5.61. The van der Waals surface area contributed by atoms with Crippen LogP contribution in [0.25, 0.3) is 11.3 Å². The smallest absolute Gasteiger partial charge is 0.356 e. The highest BCUT2D eigenvalue weighted by atomic mass is 16.5. The lowest BCUT2D eigenvalue weighted by atomic mass is 10.1. The summed E-state index contributed by atoms with van der Waals surface area (Å²) in [6, 6.07) is 9.01. The molecule has 2 rings (SSSR count). The zero-order chi connectivity index (χ0) is 13.1. The molecule has 1 aromatic heterocycles. The largest absolute Gasteiger partial charge is 0.497 e. The molecule has 0 bridgehead atoms. The third kappa shape index (κ3) is 2.20. The Labute approximate surface area is 105 Å². The van der Waals surface area contributed by atoms with Crippen LogP contribution in [0.5, 0.6) is 5.75 Å². The van der Waals surface area contributed by atoms with E-state index < -0.39 is 5.97 Å². The molecule has 0 atom stereocenters. The number of ether oxygens (including phenoxy) is 1. The fraction of sp³-hybridized carbons (Fsp3) is 0.231. The number of carboxylic acids is 1. The van der Waals surface area contributed by atoms with E-state index in [1.54, 1.807) is 17.9 Å². The molecule has 0 aliphatic heterocycles. The molecule has 0 unspecified atom stereocenters. The summed E-state index contributed by atoms with van der Waals surface area (Å²) in [5.74, 6) is -0.253. The van der Waals surface area contributed by atoms with Gasteiger partial charge in [-0.3, -0.25) is 4.68 Å². The summed E-state index contributed by atoms with van der Waals surface area (Å²) in [5.41, 5.74) is 1.76. The van der Waals surface area contributed by atoms with Gasteiger partial charge in [0, 0.05) is 12.1 Å². The Kier molecular flexibility index (Phi) is 3.32. The maximum atomic E-state index is 10.9. The lowest BCUT2D eigenvalue weighted by molar-refractivity contribution is 0.0689. The zero-order valence-electron chi connectivity index (χ0n) is 10.3. The van der Waals surface area contributed by atoms with Crippen LogP contribution in [0.15, 0.2) is 30.3 Å². The molecule has 18 heavy (non-hydrogen) atoms. The van der Waals surface area contributed by atoms with Gasteiger partial charge in [0.1, 0.15) is 5.75 Å². The predicted molar refractivity (Wildman–Crippen MR) is 66.8 cm³/mol. The minimum absolute atomic E-state index is 0.0580. The average molecular weight is 246 g/mol. The van der Waals surface area contributed by atoms with Crippen LogP contribution in [0.3, 0.4) is 0 Å². The summed E-state index contributed by atoms with van der Waals surface area (Å²) in [6.45, 7) is 2.54. The molecule has 5 heteroatoms. The summed E-state index contributed by atoms with van der Waals surface area (Å²) in [6.07, 6.45) is 0. The number of benzene rings is 1. The normalized spacial score (nSPS) is 10.3. The fourth-order valence-corrected chi connectivity index (χ4v) is 1.76. The fourth-order valence-electron chi connectivity index (χ4n) is 1.76. The van der Waals surface area contributed by atoms with E-state index in [9.17, 15) is 4.79 Å². The molecule has 0 spiro atoms. The van der Waals surface area contributed by atoms with Crippen LogP contribution in [0.1, 0.15) is 17.4 Å². The van der Waals surface area contributed by atoms with E-state index in [4.69, 9.17) is 9.84 Å². The minimum atomic E-state index is -1.02. The van der Waals surface area contributed by atoms with Crippen molar-refractivity contribution in [3.8, 4) is 17.0 Å². The lowest BCUT2D eigenvalue weighted by Gasteiger charge is -2.05. The van der Waals surface area contributed by atoms with Gasteiger partial charge in [-0.15, -0.1) is 0 Å². The van der Waals surface area contributed by atoms with E-state index in [0.717, 1.165) is 17.0 Å². The van der Waals surface area contributed by atoms with Gasteiger partial charge < -0.3 is 9.84 Å². The summed E-state index contributed by atoms with van der Waals surface area (Å²) in [5, 5.41) is 13.0. The Morgan fingerprint density at radius 3 is 2.56 bits per heavy atom. The third-order valence-electron chi connectivity index (χ3n) is 2.68. The van der Waals surface area contributed by atoms with Crippen molar-refractivity contribution in [2.24, 2.45) is 0 Å². The van der Waals surface area contributed by atoms with Gasteiger partial charge in [-0.25, -0.2) is 4.79 Å². The second-order valence-electron chi connectivity index (χ2n) is 3.76. The first-order chi connectivity index (χ1) is 8.65. The molecule has 0 aliphatic rings. The Morgan fingerprint density at radius 1 is 1.39 bits per heavy atom. The van der Waals surface area contributed by atoms with Crippen molar-refractivity contribution in [1.82, 2.24) is 9.78 Å². The van der Waals surface area contributed by atoms with Crippen molar-refractivity contribution in [2.45, 2.75) is 13.5 Å². The molecule has 0 aliphatic carbocycles. The molecule has 0 fully saturated rings. The summed E-state index contributed by atoms with van der Waals surface area (Å²) in [7, 11) is 1.60. The second-order valence-corrected chi connectivity index (χ2v) is 3.76. The number of hydrogen-bond acceptors (Lipinski definition) is 3. The summed E-state index contributed by atoms with van der Waals surface area (Å²) in [4.78, 5) is 10.9. The number of aromatic carboxylic acids is 1. The second kappa shape index (κ2) is 4.91. The molecular formula is C13H14N2O3. The number of nitrogens with zero attached hydrogens (tertiary/aromatic N) is 2. The number of aromatic nitrogens is 2. The Morgan fingerprint density at radius 2 is 2.06 bits per heavy atom. The van der Waals surface area contributed by atoms with Crippen molar-refractivity contribution in [3.63, 3.8) is 0 Å². The van der Waals surface area contributed by atoms with Crippen LogP contribution >= 0.6 is 0 Å². The molecule has 0 saturated heterocycles. The van der Waals surface area contributed by atoms with Gasteiger partial charge in [-0.05, 0) is 37.3 Å². The van der Waals surface area contributed by atoms with E-state index in [0.29, 0.717) is 6.54 Å². The number of aryl methyl sites for hydroxylation is 1. The zero-order valence-corrected chi connectivity index (χ0v) is 10.3. The van der Waals surface area contributed by atoms with Gasteiger partial charge in [0.05, 0.1) is 12.8 Å². The molecule has 2 aromatic rings. The van der Waals surface area contributed by atoms with Crippen molar-refractivity contribution in [3.05, 3.63) is 36.0 Å². The molecule has 94 valence electrons. The van der Waals surface area contributed by atoms with Crippen LogP contribution in [-0.2, 0) is 6.54 Å². The van der Waals surface area contributed by atoms with Gasteiger partial charge in [-0.1, -0.05) is 0 Å². The topological polar surface area (TPSA) is 64.4 Å². The van der Waals surface area contributed by atoms with Gasteiger partial charge >= 0.3 is 5.97 Å². The van der Waals surface area contributed by atoms with E-state index in [2.05, 4.69) is 5.10 Å². The quantitative estimate of drug-likeness (QED) is 0.898. The predicted octanol–water partition coefficient (Wildman–Crippen LogP) is 2.28. The first kappa shape index (κ1) is 12.2. The molecule has 0 radical (unpaired) electrons. The molecule has 5 nitrogen and oxygen atoms in total. The van der Waals surface area contributed by atoms with Gasteiger partial charge in [0.25, 0.3) is 0 Å². The maximum absolute atomic E-state index is 10.9. The number of carboxylic acid groups (broad SMARTS) is 1. The van der Waals surface area contributed by atoms with Crippen molar-refractivity contribution >= 4 is 5.97 Å². The average Bonchev–Trinajstić information content (AvgIpc) is 2.83. The monoisotopic (exact) mass is 246 g/mol. The number of rotatable bonds is 4. The van der Waals surface area contributed by atoms with Crippen LogP contribution in [0, 0.1) is 0 Å². The van der Waals surface area contributed by atoms with Crippen LogP contribution in [0.2, 0.25) is 0 Å². The molecule has 0 amide bonds. The standard InChI is InChI=1S/C13H14N2O3/c1-3-15-12(8-11(14-15)13(16)17)9-4-6-10(18-2)7-5-9/h4-8H,3H2,1-2H3,(H,16,17). The van der Waals surface area contributed by atoms with E-state index in [1.165, 1.54) is 0 Å². The Hall–Kier alpha value is -2.30. The van der Waals surface area contributed by atoms with E-state index >= 15 is 0 Å². The summed E-state index contributed by atoms with van der Waals surface area (Å²) < 4.78 is 6.76. The summed E-state index contributed by atoms with van der Waals surface area (Å²) >= 11 is 0. The third-order valence-corrected chi connectivity index (χ3v) is 2.68. The van der Waals surface area contributed by atoms with Gasteiger partial charge in [0.2, 0.25) is 0 Å². The van der Waals surface area contributed by atoms with Crippen LogP contribution in [0.4, 0.5) is 0 Å². The molecule has 1 N–H and O–H groups in total. The molecular weight excluding hydrogens is 232 g/mol. The highest BCUT2D eigenvalue weighted by molar-refractivity contribution is 5.87. The lowest BCUT2D eigenvalue weighted by Crippen LogP contribution is -2.02. The number of hydrogen-bond donors (Lipinski definition) is 1. The number of methoxy groups -OCH3 is 1. The van der Waals surface area contributed by atoms with Crippen molar-refractivity contribution in [1.29, 1.82) is 0 Å². The van der Waals surface area contributed by atoms with Gasteiger partial charge in [-0.2, -0.15) is 5.10 Å². The van der Waals surface area contributed by atoms with Crippen LogP contribution in [-0.4, -0.2) is 28.0 Å². The molecule has 1 heterocycles. The van der Waals surface area contributed by atoms with Crippen LogP contribution < -0.4 is 4.74 Å². The first-order valence-corrected chi connectivity index (χ1v) is 5.61. The molecule has 0 saturated carbocycles. The molecule has 1 aromatic carbocycles. The minimum Gasteiger partial charge on any atom is -0.497 e. The SMILES string of the molecule is CCn1nc(C(=O)O)cc1-c1ccc(OC)cc1. The van der Waals surface area contributed by atoms with E-state index in [1.807, 2.05) is 31.2 Å².